The summed E-state index contributed by atoms with van der Waals surface area (Å²) in [6, 6.07) is 59.3. The van der Waals surface area contributed by atoms with Crippen LogP contribution in [0.2, 0.25) is 0 Å². The van der Waals surface area contributed by atoms with Crippen LogP contribution in [0.4, 0.5) is 0 Å². The lowest BCUT2D eigenvalue weighted by atomic mass is 9.86. The van der Waals surface area contributed by atoms with E-state index in [9.17, 15) is 0 Å². The molecule has 3 heterocycles. The van der Waals surface area contributed by atoms with E-state index in [2.05, 4.69) is 191 Å². The minimum Gasteiger partial charge on any atom is -0.485 e. The van der Waals surface area contributed by atoms with Crippen LogP contribution in [0.25, 0.3) is 71.7 Å². The maximum Gasteiger partial charge on any atom is 0.128 e. The van der Waals surface area contributed by atoms with E-state index in [0.717, 1.165) is 17.1 Å². The highest BCUT2D eigenvalue weighted by Gasteiger charge is 2.34. The van der Waals surface area contributed by atoms with Crippen LogP contribution in [0, 0.1) is 0 Å². The number of nitrogens with zero attached hydrogens (tertiary/aromatic N) is 2. The van der Waals surface area contributed by atoms with Crippen LogP contribution in [0.5, 0.6) is 5.75 Å². The number of fused-ring (bicyclic) bond motifs is 9. The maximum absolute atomic E-state index is 6.47. The van der Waals surface area contributed by atoms with Crippen molar-refractivity contribution in [3.05, 3.63) is 193 Å². The van der Waals surface area contributed by atoms with Gasteiger partial charge < -0.3 is 13.9 Å². The molecule has 3 heteroatoms. The van der Waals surface area contributed by atoms with Crippen LogP contribution in [0.1, 0.15) is 17.0 Å². The first kappa shape index (κ1) is 28.3. The summed E-state index contributed by atoms with van der Waals surface area (Å²) in [5.41, 5.74) is 13.3. The van der Waals surface area contributed by atoms with Crippen LogP contribution in [0.3, 0.4) is 0 Å². The molecule has 7 aromatic carbocycles. The summed E-state index contributed by atoms with van der Waals surface area (Å²) in [6.07, 6.45) is 6.84. The Bertz CT molecular complexity index is 2790. The second-order valence-corrected chi connectivity index (χ2v) is 13.7. The van der Waals surface area contributed by atoms with Crippen molar-refractivity contribution in [2.75, 3.05) is 0 Å². The van der Waals surface area contributed by atoms with E-state index in [4.69, 9.17) is 4.74 Å². The third-order valence-electron chi connectivity index (χ3n) is 10.9. The summed E-state index contributed by atoms with van der Waals surface area (Å²) in [4.78, 5) is 0. The van der Waals surface area contributed by atoms with Gasteiger partial charge in [0, 0.05) is 44.4 Å². The van der Waals surface area contributed by atoms with E-state index >= 15 is 0 Å². The monoisotopic (exact) mass is 652 g/mol. The van der Waals surface area contributed by atoms with Gasteiger partial charge in [-0.3, -0.25) is 0 Å². The average molecular weight is 653 g/mol. The molecule has 0 bridgehead atoms. The molecular formula is C48H32N2O. The molecule has 51 heavy (non-hydrogen) atoms. The van der Waals surface area contributed by atoms with Crippen molar-refractivity contribution in [2.45, 2.75) is 12.0 Å². The van der Waals surface area contributed by atoms with Gasteiger partial charge in [0.05, 0.1) is 22.1 Å². The number of benzene rings is 7. The summed E-state index contributed by atoms with van der Waals surface area (Å²) in [6.45, 7) is 0. The summed E-state index contributed by atoms with van der Waals surface area (Å²) in [5.74, 6) is 1.12. The number of rotatable bonds is 4. The molecule has 9 aromatic rings. The van der Waals surface area contributed by atoms with Crippen molar-refractivity contribution in [1.29, 1.82) is 0 Å². The van der Waals surface area contributed by atoms with Gasteiger partial charge in [0.2, 0.25) is 0 Å². The van der Waals surface area contributed by atoms with E-state index in [1.807, 2.05) is 0 Å². The van der Waals surface area contributed by atoms with Crippen LogP contribution in [-0.4, -0.2) is 15.2 Å². The van der Waals surface area contributed by atoms with E-state index in [0.29, 0.717) is 0 Å². The SMILES string of the molecule is C1=CC2Oc3ccc(-n4c5ccccc5c5ccccc54)cc3C2C=C1c1ccc(-c2cccc(-n3c4ccccc4c4ccccc43)c2)cc1. The Morgan fingerprint density at radius 2 is 0.961 bits per heavy atom. The Kier molecular flexibility index (Phi) is 6.08. The molecule has 2 aromatic heterocycles. The summed E-state index contributed by atoms with van der Waals surface area (Å²) < 4.78 is 11.2. The summed E-state index contributed by atoms with van der Waals surface area (Å²) >= 11 is 0. The van der Waals surface area contributed by atoms with Gasteiger partial charge in [-0.1, -0.05) is 121 Å². The third-order valence-corrected chi connectivity index (χ3v) is 10.9. The Morgan fingerprint density at radius 3 is 1.55 bits per heavy atom. The molecule has 0 fully saturated rings. The normalized spacial score (nSPS) is 16.4. The molecule has 0 radical (unpaired) electrons. The summed E-state index contributed by atoms with van der Waals surface area (Å²) in [5, 5.41) is 5.09. The first-order chi connectivity index (χ1) is 25.3. The quantitative estimate of drug-likeness (QED) is 0.185. The fourth-order valence-electron chi connectivity index (χ4n) is 8.50. The van der Waals surface area contributed by atoms with Crippen LogP contribution < -0.4 is 4.74 Å². The molecule has 1 aliphatic heterocycles. The van der Waals surface area contributed by atoms with Gasteiger partial charge in [0.1, 0.15) is 11.9 Å². The van der Waals surface area contributed by atoms with Crippen molar-refractivity contribution >= 4 is 49.2 Å². The molecule has 2 atom stereocenters. The number of allylic oxidation sites excluding steroid dienone is 2. The lowest BCUT2D eigenvalue weighted by Crippen LogP contribution is -2.17. The van der Waals surface area contributed by atoms with Crippen LogP contribution in [-0.2, 0) is 0 Å². The minimum atomic E-state index is 0.0000111. The largest absolute Gasteiger partial charge is 0.485 e. The second kappa shape index (κ2) is 11.0. The van der Waals surface area contributed by atoms with Crippen molar-refractivity contribution in [3.63, 3.8) is 0 Å². The highest BCUT2D eigenvalue weighted by Crippen LogP contribution is 2.45. The minimum absolute atomic E-state index is 0.0000111. The Hall–Kier alpha value is -6.58. The zero-order valence-electron chi connectivity index (χ0n) is 27.8. The lowest BCUT2D eigenvalue weighted by molar-refractivity contribution is 0.269. The Morgan fingerprint density at radius 1 is 0.431 bits per heavy atom. The summed E-state index contributed by atoms with van der Waals surface area (Å²) in [7, 11) is 0. The van der Waals surface area contributed by atoms with Gasteiger partial charge >= 0.3 is 0 Å². The molecule has 2 aliphatic rings. The fourth-order valence-corrected chi connectivity index (χ4v) is 8.50. The lowest BCUT2D eigenvalue weighted by Gasteiger charge is -2.19. The number of hydrogen-bond donors (Lipinski definition) is 0. The molecule has 0 saturated carbocycles. The maximum atomic E-state index is 6.47. The van der Waals surface area contributed by atoms with Crippen LogP contribution in [0.15, 0.2) is 182 Å². The molecule has 0 amide bonds. The van der Waals surface area contributed by atoms with Gasteiger partial charge in [0.15, 0.2) is 0 Å². The zero-order chi connectivity index (χ0) is 33.5. The van der Waals surface area contributed by atoms with Crippen LogP contribution >= 0.6 is 0 Å². The van der Waals surface area contributed by atoms with Gasteiger partial charge in [-0.25, -0.2) is 0 Å². The number of para-hydroxylation sites is 4. The van der Waals surface area contributed by atoms with E-state index < -0.39 is 0 Å². The zero-order valence-corrected chi connectivity index (χ0v) is 27.8. The molecular weight excluding hydrogens is 621 g/mol. The Balaban J connectivity index is 0.933. The Labute approximate surface area is 295 Å². The standard InChI is InChI=1S/C48H32N2O/c1-5-16-43-37(12-1)38-13-2-6-17-44(38)49(43)35-11-9-10-33(28-35)31-20-22-32(23-21-31)34-24-26-47-41(29-34)42-30-36(25-27-48(42)51-47)50-45-18-7-3-14-39(45)40-15-4-8-19-46(40)50/h1-30,41,47H. The number of hydrogen-bond acceptors (Lipinski definition) is 1. The van der Waals surface area contributed by atoms with Crippen molar-refractivity contribution in [1.82, 2.24) is 9.13 Å². The second-order valence-electron chi connectivity index (χ2n) is 13.7. The van der Waals surface area contributed by atoms with Gasteiger partial charge in [-0.2, -0.15) is 0 Å². The number of aromatic nitrogens is 2. The predicted molar refractivity (Wildman–Crippen MR) is 211 cm³/mol. The first-order valence-corrected chi connectivity index (χ1v) is 17.7. The van der Waals surface area contributed by atoms with Crippen molar-refractivity contribution in [3.8, 4) is 28.3 Å². The molecule has 1 aliphatic carbocycles. The van der Waals surface area contributed by atoms with E-state index in [-0.39, 0.29) is 12.0 Å². The first-order valence-electron chi connectivity index (χ1n) is 17.7. The molecule has 0 N–H and O–H groups in total. The van der Waals surface area contributed by atoms with E-state index in [1.165, 1.54) is 71.4 Å². The molecule has 240 valence electrons. The highest BCUT2D eigenvalue weighted by atomic mass is 16.5. The van der Waals surface area contributed by atoms with Gasteiger partial charge in [0.25, 0.3) is 0 Å². The predicted octanol–water partition coefficient (Wildman–Crippen LogP) is 12.0. The molecule has 3 nitrogen and oxygen atoms in total. The van der Waals surface area contributed by atoms with Crippen molar-refractivity contribution in [2.24, 2.45) is 0 Å². The third kappa shape index (κ3) is 4.31. The van der Waals surface area contributed by atoms with Gasteiger partial charge in [-0.05, 0) is 82.9 Å². The topological polar surface area (TPSA) is 19.1 Å². The van der Waals surface area contributed by atoms with Gasteiger partial charge in [-0.15, -0.1) is 0 Å². The van der Waals surface area contributed by atoms with E-state index in [1.54, 1.807) is 0 Å². The average Bonchev–Trinajstić information content (AvgIpc) is 3.85. The number of ether oxygens (including phenoxy) is 1. The smallest absolute Gasteiger partial charge is 0.128 e. The highest BCUT2D eigenvalue weighted by molar-refractivity contribution is 6.10. The molecule has 0 saturated heterocycles. The molecule has 0 spiro atoms. The molecule has 2 unspecified atom stereocenters. The van der Waals surface area contributed by atoms with Crippen molar-refractivity contribution < 1.29 is 4.74 Å². The fraction of sp³-hybridized carbons (Fsp3) is 0.0417. The molecule has 11 rings (SSSR count).